The van der Waals surface area contributed by atoms with Gasteiger partial charge in [-0.3, -0.25) is 18.8 Å². The molecular weight excluding hydrogens is 825 g/mol. The van der Waals surface area contributed by atoms with Gasteiger partial charge in [-0.05, 0) is 83.6 Å². The van der Waals surface area contributed by atoms with E-state index in [1.165, 1.54) is 0 Å². The molecule has 0 spiro atoms. The van der Waals surface area contributed by atoms with Crippen LogP contribution in [0.15, 0.2) is 10.2 Å². The molecule has 4 aliphatic rings. The maximum Gasteiger partial charge on any atom is 0.267 e. The van der Waals surface area contributed by atoms with Crippen LogP contribution in [-0.4, -0.2) is 104 Å². The number of unbranched alkanes of at least 4 members (excludes halogenated alkanes) is 1. The van der Waals surface area contributed by atoms with Crippen molar-refractivity contribution in [1.29, 1.82) is 5.26 Å². The van der Waals surface area contributed by atoms with Gasteiger partial charge in [-0.25, -0.2) is 4.68 Å². The molecule has 14 nitrogen and oxygen atoms in total. The van der Waals surface area contributed by atoms with Crippen molar-refractivity contribution >= 4 is 66.8 Å². The van der Waals surface area contributed by atoms with Crippen LogP contribution in [0.5, 0.6) is 0 Å². The second-order valence-corrected chi connectivity index (χ2v) is 22.3. The lowest BCUT2D eigenvalue weighted by atomic mass is 9.82. The van der Waals surface area contributed by atoms with Gasteiger partial charge in [-0.2, -0.15) is 32.3 Å². The number of aromatic nitrogens is 2. The first kappa shape index (κ1) is 45.5. The Morgan fingerprint density at radius 3 is 2.21 bits per heavy atom. The minimum absolute atomic E-state index is 0.0268. The molecule has 19 heteroatoms. The Morgan fingerprint density at radius 2 is 1.61 bits per heavy atom. The van der Waals surface area contributed by atoms with Gasteiger partial charge < -0.3 is 5.32 Å². The number of alkyl halides is 3. The fraction of sp³-hybridized carbons (Fsp3) is 0.865. The molecule has 0 radical (unpaired) electrons. The van der Waals surface area contributed by atoms with Gasteiger partial charge in [0.2, 0.25) is 5.91 Å². The molecule has 1 aromatic heterocycles. The zero-order valence-corrected chi connectivity index (χ0v) is 36.5. The first-order valence-electron chi connectivity index (χ1n) is 20.1. The number of nitrogens with zero attached hydrogens (tertiary/aromatic N) is 6. The summed E-state index contributed by atoms with van der Waals surface area (Å²) in [5.74, 6) is -0.969. The maximum atomic E-state index is 14.0. The van der Waals surface area contributed by atoms with E-state index in [2.05, 4.69) is 16.3 Å². The number of halogens is 3. The Morgan fingerprint density at radius 1 is 0.929 bits per heavy atom. The summed E-state index contributed by atoms with van der Waals surface area (Å²) in [4.78, 5) is 16.4. The number of nitrogens with one attached hydrogen (secondary N) is 1. The summed E-state index contributed by atoms with van der Waals surface area (Å²) < 4.78 is 67.8. The van der Waals surface area contributed by atoms with Gasteiger partial charge in [0, 0.05) is 28.8 Å². The zero-order chi connectivity index (χ0) is 41.0. The number of hydrogen-bond donors (Lipinski definition) is 3. The van der Waals surface area contributed by atoms with E-state index < -0.39 is 65.7 Å². The van der Waals surface area contributed by atoms with Crippen molar-refractivity contribution in [3.8, 4) is 6.07 Å². The topological polar surface area (TPSA) is 207 Å². The Bertz CT molecular complexity index is 1800. The summed E-state index contributed by atoms with van der Waals surface area (Å²) in [6, 6.07) is 1.11. The van der Waals surface area contributed by atoms with Crippen LogP contribution in [-0.2, 0) is 30.4 Å². The van der Waals surface area contributed by atoms with Gasteiger partial charge in [-0.1, -0.05) is 46.5 Å². The van der Waals surface area contributed by atoms with Crippen molar-refractivity contribution in [2.24, 2.45) is 16.1 Å². The SMILES string of the molecule is CC(C)(C)c1nn(C2C(Cl)CC(Cl)CC2Cl)c(N=NC2CCC(N(CCCCS(=O)(=O)O)C3CCCCC3)CC2NC(=O)C2CCCC(S(=O)(=O)O)C2)c1C#N. The number of carbonyl (C=O) groups excluding carboxylic acids is 1. The molecule has 1 heterocycles. The minimum Gasteiger partial charge on any atom is -0.351 e. The van der Waals surface area contributed by atoms with Crippen LogP contribution in [0, 0.1) is 17.2 Å². The zero-order valence-electron chi connectivity index (χ0n) is 32.6. The molecule has 7 atom stereocenters. The highest BCUT2D eigenvalue weighted by atomic mass is 35.5. The van der Waals surface area contributed by atoms with Gasteiger partial charge in [-0.15, -0.1) is 39.9 Å². The number of carbonyl (C=O) groups is 1. The van der Waals surface area contributed by atoms with Crippen LogP contribution in [0.2, 0.25) is 0 Å². The Kier molecular flexibility index (Phi) is 15.6. The third kappa shape index (κ3) is 11.8. The van der Waals surface area contributed by atoms with Crippen molar-refractivity contribution in [3.05, 3.63) is 11.3 Å². The Balaban J connectivity index is 1.47. The van der Waals surface area contributed by atoms with Gasteiger partial charge in [0.25, 0.3) is 20.2 Å². The van der Waals surface area contributed by atoms with Crippen molar-refractivity contribution in [2.75, 3.05) is 12.3 Å². The molecule has 4 saturated carbocycles. The molecule has 1 amide bonds. The molecule has 5 rings (SSSR count). The molecule has 1 aromatic rings. The van der Waals surface area contributed by atoms with Crippen LogP contribution < -0.4 is 5.32 Å². The van der Waals surface area contributed by atoms with E-state index in [1.54, 1.807) is 4.68 Å². The molecule has 0 aromatic carbocycles. The van der Waals surface area contributed by atoms with E-state index in [4.69, 9.17) is 50.1 Å². The third-order valence-electron chi connectivity index (χ3n) is 12.1. The van der Waals surface area contributed by atoms with E-state index in [-0.39, 0.29) is 40.9 Å². The summed E-state index contributed by atoms with van der Waals surface area (Å²) >= 11 is 20.2. The van der Waals surface area contributed by atoms with Gasteiger partial charge >= 0.3 is 0 Å². The van der Waals surface area contributed by atoms with Crippen molar-refractivity contribution in [1.82, 2.24) is 20.0 Å². The molecule has 7 unspecified atom stereocenters. The van der Waals surface area contributed by atoms with Gasteiger partial charge in [0.15, 0.2) is 5.82 Å². The number of azo groups is 1. The second kappa shape index (κ2) is 19.2. The monoisotopic (exact) mass is 881 g/mol. The molecule has 4 aliphatic carbocycles. The predicted molar refractivity (Wildman–Crippen MR) is 217 cm³/mol. The van der Waals surface area contributed by atoms with E-state index >= 15 is 0 Å². The first-order valence-corrected chi connectivity index (χ1v) is 24.5. The second-order valence-electron chi connectivity index (χ2n) is 17.3. The van der Waals surface area contributed by atoms with E-state index in [9.17, 15) is 36.0 Å². The lowest BCUT2D eigenvalue weighted by Gasteiger charge is -2.45. The third-order valence-corrected chi connectivity index (χ3v) is 15.4. The molecule has 0 saturated heterocycles. The van der Waals surface area contributed by atoms with Crippen LogP contribution >= 0.6 is 34.8 Å². The number of rotatable bonds is 13. The lowest BCUT2D eigenvalue weighted by molar-refractivity contribution is -0.127. The summed E-state index contributed by atoms with van der Waals surface area (Å²) in [5, 5.41) is 26.0. The van der Waals surface area contributed by atoms with Crippen LogP contribution in [0.1, 0.15) is 141 Å². The highest BCUT2D eigenvalue weighted by Gasteiger charge is 2.42. The fourth-order valence-electron chi connectivity index (χ4n) is 9.22. The summed E-state index contributed by atoms with van der Waals surface area (Å²) in [7, 11) is -8.38. The van der Waals surface area contributed by atoms with E-state index in [0.717, 1.165) is 38.5 Å². The van der Waals surface area contributed by atoms with Crippen LogP contribution in [0.3, 0.4) is 0 Å². The van der Waals surface area contributed by atoms with Gasteiger partial charge in [0.1, 0.15) is 11.6 Å². The fourth-order valence-corrected chi connectivity index (χ4v) is 12.4. The van der Waals surface area contributed by atoms with Crippen molar-refractivity contribution in [3.63, 3.8) is 0 Å². The summed E-state index contributed by atoms with van der Waals surface area (Å²) in [6.45, 7) is 6.51. The highest BCUT2D eigenvalue weighted by molar-refractivity contribution is 7.86. The van der Waals surface area contributed by atoms with Crippen LogP contribution in [0.25, 0.3) is 0 Å². The minimum atomic E-state index is -4.30. The molecule has 316 valence electrons. The summed E-state index contributed by atoms with van der Waals surface area (Å²) in [6.07, 6.45) is 10.4. The van der Waals surface area contributed by atoms with Gasteiger partial charge in [0.05, 0.1) is 45.6 Å². The van der Waals surface area contributed by atoms with E-state index in [1.807, 2.05) is 20.8 Å². The highest BCUT2D eigenvalue weighted by Crippen LogP contribution is 2.43. The summed E-state index contributed by atoms with van der Waals surface area (Å²) in [5.41, 5.74) is 0.279. The van der Waals surface area contributed by atoms with Crippen molar-refractivity contribution < 1.29 is 30.7 Å². The quantitative estimate of drug-likeness (QED) is 0.0772. The predicted octanol–water partition coefficient (Wildman–Crippen LogP) is 7.45. The Labute approximate surface area is 347 Å². The standard InChI is InChI=1S/C37H58Cl3N7O7S2/c1-37(2,3)34-28(22-41)35(47(45-34)33-29(39)19-24(38)20-30(33)40)44-43-31-15-14-26(46(25-11-5-4-6-12-25)16-7-8-17-55(49,50)51)21-32(31)42-36(48)23-10-9-13-27(18-23)56(52,53)54/h23-27,29-33H,4-21H2,1-3H3,(H,42,48)(H,49,50,51)(H,52,53,54). The normalized spacial score (nSPS) is 31.4. The molecule has 4 fully saturated rings. The maximum absolute atomic E-state index is 14.0. The number of amides is 1. The average Bonchev–Trinajstić information content (AvgIpc) is 3.49. The Hall–Kier alpha value is -1.58. The number of nitriles is 1. The molecule has 0 aliphatic heterocycles. The first-order chi connectivity index (χ1) is 26.3. The molecular formula is C37H58Cl3N7O7S2. The smallest absolute Gasteiger partial charge is 0.267 e. The largest absolute Gasteiger partial charge is 0.351 e. The molecule has 3 N–H and O–H groups in total. The van der Waals surface area contributed by atoms with E-state index in [0.29, 0.717) is 76.1 Å². The van der Waals surface area contributed by atoms with Crippen LogP contribution in [0.4, 0.5) is 5.82 Å². The molecule has 56 heavy (non-hydrogen) atoms. The average molecular weight is 883 g/mol. The molecule has 0 bridgehead atoms. The number of hydrogen-bond acceptors (Lipinski definition) is 10. The lowest BCUT2D eigenvalue weighted by Crippen LogP contribution is -2.55. The van der Waals surface area contributed by atoms with Crippen molar-refractivity contribution in [2.45, 2.75) is 181 Å².